The summed E-state index contributed by atoms with van der Waals surface area (Å²) in [6, 6.07) is 7.04. The van der Waals surface area contributed by atoms with E-state index in [0.717, 1.165) is 5.75 Å². The molecule has 0 saturated carbocycles. The highest BCUT2D eigenvalue weighted by Gasteiger charge is 2.17. The largest absolute Gasteiger partial charge is 0.497 e. The van der Waals surface area contributed by atoms with Crippen molar-refractivity contribution in [3.05, 3.63) is 24.3 Å². The molecule has 5 heteroatoms. The third-order valence-electron chi connectivity index (χ3n) is 2.41. The van der Waals surface area contributed by atoms with Crippen LogP contribution in [0.3, 0.4) is 0 Å². The maximum absolute atomic E-state index is 11.7. The Morgan fingerprint density at radius 2 is 1.94 bits per heavy atom. The summed E-state index contributed by atoms with van der Waals surface area (Å²) in [5, 5.41) is 11.2. The maximum atomic E-state index is 11.7. The Hall–Kier alpha value is -1.75. The van der Waals surface area contributed by atoms with Crippen LogP contribution in [0.15, 0.2) is 24.3 Å². The number of amides is 1. The summed E-state index contributed by atoms with van der Waals surface area (Å²) >= 11 is 0. The highest BCUT2D eigenvalue weighted by Crippen LogP contribution is 2.18. The van der Waals surface area contributed by atoms with Gasteiger partial charge in [-0.2, -0.15) is 0 Å². The molecule has 0 spiro atoms. The summed E-state index contributed by atoms with van der Waals surface area (Å²) in [5.41, 5.74) is 0. The van der Waals surface area contributed by atoms with Gasteiger partial charge < -0.3 is 19.9 Å². The summed E-state index contributed by atoms with van der Waals surface area (Å²) in [7, 11) is 1.59. The van der Waals surface area contributed by atoms with Crippen LogP contribution in [-0.4, -0.2) is 37.4 Å². The first kappa shape index (κ1) is 14.3. The van der Waals surface area contributed by atoms with Gasteiger partial charge in [-0.05, 0) is 30.7 Å². The molecule has 2 N–H and O–H groups in total. The highest BCUT2D eigenvalue weighted by atomic mass is 16.5. The Balaban J connectivity index is 2.58. The van der Waals surface area contributed by atoms with E-state index in [1.54, 1.807) is 31.4 Å². The molecule has 0 radical (unpaired) electrons. The molecular weight excluding hydrogens is 234 g/mol. The molecule has 1 unspecified atom stereocenters. The third kappa shape index (κ3) is 4.25. The highest BCUT2D eigenvalue weighted by molar-refractivity contribution is 5.81. The minimum Gasteiger partial charge on any atom is -0.497 e. The van der Waals surface area contributed by atoms with Gasteiger partial charge >= 0.3 is 0 Å². The number of ether oxygens (including phenoxy) is 2. The molecule has 0 saturated heterocycles. The minimum absolute atomic E-state index is 0.0787. The number of hydrogen-bond donors (Lipinski definition) is 2. The molecule has 0 aliphatic rings. The summed E-state index contributed by atoms with van der Waals surface area (Å²) in [4.78, 5) is 11.7. The molecule has 1 rings (SSSR count). The lowest BCUT2D eigenvalue weighted by molar-refractivity contribution is -0.128. The number of methoxy groups -OCH3 is 1. The van der Waals surface area contributed by atoms with Crippen LogP contribution in [0.25, 0.3) is 0 Å². The Morgan fingerprint density at radius 3 is 2.44 bits per heavy atom. The predicted molar refractivity (Wildman–Crippen MR) is 67.8 cm³/mol. The van der Waals surface area contributed by atoms with Crippen molar-refractivity contribution in [2.24, 2.45) is 0 Å². The molecule has 1 aromatic rings. The van der Waals surface area contributed by atoms with Gasteiger partial charge in [-0.25, -0.2) is 0 Å². The van der Waals surface area contributed by atoms with Crippen molar-refractivity contribution in [1.29, 1.82) is 0 Å². The van der Waals surface area contributed by atoms with Crippen LogP contribution in [-0.2, 0) is 4.79 Å². The van der Waals surface area contributed by atoms with Crippen molar-refractivity contribution in [3.8, 4) is 11.5 Å². The van der Waals surface area contributed by atoms with Gasteiger partial charge in [-0.1, -0.05) is 6.92 Å². The van der Waals surface area contributed by atoms with Gasteiger partial charge in [0.15, 0.2) is 6.10 Å². The zero-order valence-electron chi connectivity index (χ0n) is 10.7. The summed E-state index contributed by atoms with van der Waals surface area (Å²) < 4.78 is 10.6. The van der Waals surface area contributed by atoms with Crippen LogP contribution in [0.5, 0.6) is 11.5 Å². The number of rotatable bonds is 7. The van der Waals surface area contributed by atoms with Crippen LogP contribution < -0.4 is 14.8 Å². The Bertz CT molecular complexity index is 364. The first-order valence-corrected chi connectivity index (χ1v) is 5.90. The molecule has 0 heterocycles. The lowest BCUT2D eigenvalue weighted by Crippen LogP contribution is -2.39. The van der Waals surface area contributed by atoms with Crippen LogP contribution in [0.1, 0.15) is 13.3 Å². The molecular formula is C13H19NO4. The Morgan fingerprint density at radius 1 is 1.33 bits per heavy atom. The van der Waals surface area contributed by atoms with E-state index in [1.165, 1.54) is 0 Å². The Labute approximate surface area is 107 Å². The molecule has 5 nitrogen and oxygen atoms in total. The van der Waals surface area contributed by atoms with Crippen molar-refractivity contribution >= 4 is 5.91 Å². The number of carbonyl (C=O) groups excluding carboxylic acids is 1. The van der Waals surface area contributed by atoms with E-state index in [2.05, 4.69) is 5.32 Å². The lowest BCUT2D eigenvalue weighted by Gasteiger charge is -2.17. The normalized spacial score (nSPS) is 11.7. The summed E-state index contributed by atoms with van der Waals surface area (Å²) in [5.74, 6) is 1.13. The number of aliphatic hydroxyl groups excluding tert-OH is 1. The van der Waals surface area contributed by atoms with Crippen molar-refractivity contribution in [1.82, 2.24) is 5.32 Å². The van der Waals surface area contributed by atoms with Crippen LogP contribution >= 0.6 is 0 Å². The van der Waals surface area contributed by atoms with Gasteiger partial charge in [0.1, 0.15) is 11.5 Å². The standard InChI is InChI=1S/C13H19NO4/c1-3-12(13(16)14-8-9-15)18-11-6-4-10(17-2)5-7-11/h4-7,12,15H,3,8-9H2,1-2H3,(H,14,16). The number of benzene rings is 1. The molecule has 1 aromatic carbocycles. The first-order chi connectivity index (χ1) is 8.71. The van der Waals surface area contributed by atoms with E-state index in [4.69, 9.17) is 14.6 Å². The molecule has 1 atom stereocenters. The number of hydrogen-bond acceptors (Lipinski definition) is 4. The minimum atomic E-state index is -0.551. The Kier molecular flexibility index (Phi) is 6.00. The molecule has 1 amide bonds. The average molecular weight is 253 g/mol. The maximum Gasteiger partial charge on any atom is 0.261 e. The van der Waals surface area contributed by atoms with E-state index in [0.29, 0.717) is 12.2 Å². The first-order valence-electron chi connectivity index (χ1n) is 5.90. The van der Waals surface area contributed by atoms with Gasteiger partial charge in [0.2, 0.25) is 0 Å². The molecule has 18 heavy (non-hydrogen) atoms. The quantitative estimate of drug-likeness (QED) is 0.759. The van der Waals surface area contributed by atoms with Gasteiger partial charge in [-0.3, -0.25) is 4.79 Å². The van der Waals surface area contributed by atoms with Gasteiger partial charge in [-0.15, -0.1) is 0 Å². The van der Waals surface area contributed by atoms with Gasteiger partial charge in [0.25, 0.3) is 5.91 Å². The SMILES string of the molecule is CCC(Oc1ccc(OC)cc1)C(=O)NCCO. The van der Waals surface area contributed by atoms with Crippen LogP contribution in [0.2, 0.25) is 0 Å². The average Bonchev–Trinajstić information content (AvgIpc) is 2.42. The fourth-order valence-corrected chi connectivity index (χ4v) is 1.43. The molecule has 0 bridgehead atoms. The molecule has 0 aliphatic carbocycles. The second kappa shape index (κ2) is 7.55. The van der Waals surface area contributed by atoms with Crippen molar-refractivity contribution in [2.45, 2.75) is 19.4 Å². The fraction of sp³-hybridized carbons (Fsp3) is 0.462. The van der Waals surface area contributed by atoms with E-state index in [-0.39, 0.29) is 19.1 Å². The molecule has 0 fully saturated rings. The number of nitrogens with one attached hydrogen (secondary N) is 1. The molecule has 0 aliphatic heterocycles. The van der Waals surface area contributed by atoms with E-state index in [1.807, 2.05) is 6.92 Å². The topological polar surface area (TPSA) is 67.8 Å². The van der Waals surface area contributed by atoms with E-state index in [9.17, 15) is 4.79 Å². The van der Waals surface area contributed by atoms with Crippen LogP contribution in [0.4, 0.5) is 0 Å². The fourth-order valence-electron chi connectivity index (χ4n) is 1.43. The zero-order chi connectivity index (χ0) is 13.4. The van der Waals surface area contributed by atoms with E-state index < -0.39 is 6.10 Å². The lowest BCUT2D eigenvalue weighted by atomic mass is 10.2. The van der Waals surface area contributed by atoms with E-state index >= 15 is 0 Å². The number of aliphatic hydroxyl groups is 1. The predicted octanol–water partition coefficient (Wildman–Crippen LogP) is 0.961. The second-order valence-corrected chi connectivity index (χ2v) is 3.70. The molecule has 100 valence electrons. The van der Waals surface area contributed by atoms with Gasteiger partial charge in [0.05, 0.1) is 13.7 Å². The zero-order valence-corrected chi connectivity index (χ0v) is 10.7. The third-order valence-corrected chi connectivity index (χ3v) is 2.41. The number of carbonyl (C=O) groups is 1. The van der Waals surface area contributed by atoms with Crippen LogP contribution in [0, 0.1) is 0 Å². The summed E-state index contributed by atoms with van der Waals surface area (Å²) in [6.07, 6.45) is 0.00784. The molecule has 0 aromatic heterocycles. The van der Waals surface area contributed by atoms with Crippen molar-refractivity contribution in [3.63, 3.8) is 0 Å². The second-order valence-electron chi connectivity index (χ2n) is 3.70. The van der Waals surface area contributed by atoms with Gasteiger partial charge in [0, 0.05) is 6.54 Å². The monoisotopic (exact) mass is 253 g/mol. The summed E-state index contributed by atoms with van der Waals surface area (Å²) in [6.45, 7) is 2.03. The van der Waals surface area contributed by atoms with Crippen molar-refractivity contribution in [2.75, 3.05) is 20.3 Å². The smallest absolute Gasteiger partial charge is 0.261 e. The van der Waals surface area contributed by atoms with Crippen molar-refractivity contribution < 1.29 is 19.4 Å².